The van der Waals surface area contributed by atoms with E-state index in [1.807, 2.05) is 13.8 Å². The summed E-state index contributed by atoms with van der Waals surface area (Å²) < 4.78 is 16.7. The van der Waals surface area contributed by atoms with E-state index in [1.54, 1.807) is 0 Å². The molecule has 0 unspecified atom stereocenters. The summed E-state index contributed by atoms with van der Waals surface area (Å²) in [5.41, 5.74) is -0.0582. The van der Waals surface area contributed by atoms with Gasteiger partial charge in [-0.3, -0.25) is 0 Å². The van der Waals surface area contributed by atoms with E-state index in [2.05, 4.69) is 20.8 Å². The molecule has 0 aliphatic carbocycles. The van der Waals surface area contributed by atoms with Gasteiger partial charge >= 0.3 is 9.28 Å². The fourth-order valence-corrected chi connectivity index (χ4v) is 2.53. The van der Waals surface area contributed by atoms with Gasteiger partial charge in [0, 0.05) is 25.9 Å². The summed E-state index contributed by atoms with van der Waals surface area (Å²) in [5, 5.41) is 0. The van der Waals surface area contributed by atoms with Crippen molar-refractivity contribution in [1.29, 1.82) is 0 Å². The molecular formula is C10H24O3Si. The maximum atomic E-state index is 5.63. The van der Waals surface area contributed by atoms with Crippen LogP contribution in [-0.4, -0.2) is 34.7 Å². The summed E-state index contributed by atoms with van der Waals surface area (Å²) in [7, 11) is -1.45. The van der Waals surface area contributed by atoms with Crippen molar-refractivity contribution in [1.82, 2.24) is 0 Å². The van der Waals surface area contributed by atoms with Gasteiger partial charge in [-0.15, -0.1) is 0 Å². The number of hydrogen-bond donors (Lipinski definition) is 0. The van der Waals surface area contributed by atoms with Crippen molar-refractivity contribution < 1.29 is 13.6 Å². The molecule has 0 N–H and O–H groups in total. The first-order valence-electron chi connectivity index (χ1n) is 5.36. The Morgan fingerprint density at radius 2 is 1.50 bits per heavy atom. The van der Waals surface area contributed by atoms with Crippen molar-refractivity contribution in [3.63, 3.8) is 0 Å². The largest absolute Gasteiger partial charge is 0.397 e. The molecule has 0 bridgehead atoms. The monoisotopic (exact) mass is 220 g/mol. The highest BCUT2D eigenvalue weighted by molar-refractivity contribution is 6.44. The number of ether oxygens (including phenoxy) is 1. The van der Waals surface area contributed by atoms with Gasteiger partial charge in [-0.25, -0.2) is 0 Å². The van der Waals surface area contributed by atoms with Gasteiger partial charge in [0.25, 0.3) is 0 Å². The van der Waals surface area contributed by atoms with E-state index in [9.17, 15) is 0 Å². The lowest BCUT2D eigenvalue weighted by Gasteiger charge is -2.21. The van der Waals surface area contributed by atoms with Crippen LogP contribution in [-0.2, 0) is 13.6 Å². The van der Waals surface area contributed by atoms with Crippen LogP contribution in [0, 0.1) is 0 Å². The Hall–Kier alpha value is 0.0969. The second-order valence-electron chi connectivity index (χ2n) is 4.09. The zero-order valence-electron chi connectivity index (χ0n) is 10.1. The smallest absolute Gasteiger partial charge is 0.323 e. The predicted molar refractivity (Wildman–Crippen MR) is 60.9 cm³/mol. The maximum absolute atomic E-state index is 5.63. The molecule has 0 amide bonds. The summed E-state index contributed by atoms with van der Waals surface area (Å²) in [6.07, 6.45) is 0. The molecule has 14 heavy (non-hydrogen) atoms. The second-order valence-corrected chi connectivity index (χ2v) is 6.19. The minimum absolute atomic E-state index is 0.0582. The fourth-order valence-electron chi connectivity index (χ4n) is 1.05. The van der Waals surface area contributed by atoms with E-state index in [4.69, 9.17) is 13.6 Å². The molecule has 0 aromatic heterocycles. The van der Waals surface area contributed by atoms with Crippen molar-refractivity contribution in [3.8, 4) is 0 Å². The first kappa shape index (κ1) is 14.1. The quantitative estimate of drug-likeness (QED) is 0.615. The Kier molecular flexibility index (Phi) is 7.45. The van der Waals surface area contributed by atoms with Gasteiger partial charge < -0.3 is 13.6 Å². The molecule has 0 aromatic rings. The molecular weight excluding hydrogens is 196 g/mol. The normalized spacial score (nSPS) is 12.4. The fraction of sp³-hybridized carbons (Fsp3) is 1.00. The van der Waals surface area contributed by atoms with Crippen LogP contribution >= 0.6 is 0 Å². The van der Waals surface area contributed by atoms with Crippen molar-refractivity contribution in [3.05, 3.63) is 0 Å². The van der Waals surface area contributed by atoms with Crippen molar-refractivity contribution >= 4 is 9.28 Å². The highest BCUT2D eigenvalue weighted by Gasteiger charge is 2.15. The third-order valence-electron chi connectivity index (χ3n) is 1.59. The molecule has 4 heteroatoms. The van der Waals surface area contributed by atoms with E-state index >= 15 is 0 Å². The molecule has 0 rings (SSSR count). The summed E-state index contributed by atoms with van der Waals surface area (Å²) in [4.78, 5) is 0. The van der Waals surface area contributed by atoms with Gasteiger partial charge in [0.2, 0.25) is 0 Å². The molecule has 0 aliphatic rings. The summed E-state index contributed by atoms with van der Waals surface area (Å²) in [5.74, 6) is 0. The Balaban J connectivity index is 3.60. The molecule has 0 aromatic carbocycles. The highest BCUT2D eigenvalue weighted by Crippen LogP contribution is 2.08. The van der Waals surface area contributed by atoms with Gasteiger partial charge in [0.1, 0.15) is 0 Å². The Labute approximate surface area is 89.6 Å². The van der Waals surface area contributed by atoms with Gasteiger partial charge in [-0.1, -0.05) is 0 Å². The lowest BCUT2D eigenvalue weighted by Crippen LogP contribution is -2.27. The maximum Gasteiger partial charge on any atom is 0.323 e. The molecule has 0 spiro atoms. The van der Waals surface area contributed by atoms with Crippen LogP contribution in [0.5, 0.6) is 0 Å². The van der Waals surface area contributed by atoms with E-state index in [0.717, 1.165) is 25.9 Å². The minimum atomic E-state index is -1.45. The van der Waals surface area contributed by atoms with E-state index < -0.39 is 9.28 Å². The predicted octanol–water partition coefficient (Wildman–Crippen LogP) is 2.09. The minimum Gasteiger partial charge on any atom is -0.397 e. The summed E-state index contributed by atoms with van der Waals surface area (Å²) in [6, 6.07) is 0.930. The average molecular weight is 220 g/mol. The SMILES string of the molecule is CCO[SiH](CCOC(C)(C)C)OCC. The Bertz CT molecular complexity index is 128. The molecule has 3 nitrogen and oxygen atoms in total. The van der Waals surface area contributed by atoms with Crippen LogP contribution in [0.1, 0.15) is 34.6 Å². The Morgan fingerprint density at radius 1 is 1.00 bits per heavy atom. The van der Waals surface area contributed by atoms with Crippen molar-refractivity contribution in [2.45, 2.75) is 46.3 Å². The standard InChI is InChI=1S/C10H24O3Si/c1-6-12-14(13-7-2)9-8-11-10(3,4)5/h14H,6-9H2,1-5H3. The number of hydrogen-bond acceptors (Lipinski definition) is 3. The van der Waals surface area contributed by atoms with Crippen LogP contribution < -0.4 is 0 Å². The second kappa shape index (κ2) is 7.40. The van der Waals surface area contributed by atoms with E-state index in [0.29, 0.717) is 0 Å². The topological polar surface area (TPSA) is 27.7 Å². The van der Waals surface area contributed by atoms with Crippen LogP contribution in [0.3, 0.4) is 0 Å². The molecule has 0 saturated heterocycles. The number of rotatable bonds is 7. The Morgan fingerprint density at radius 3 is 1.86 bits per heavy atom. The van der Waals surface area contributed by atoms with Gasteiger partial charge in [-0.2, -0.15) is 0 Å². The average Bonchev–Trinajstić information content (AvgIpc) is 2.02. The molecule has 0 atom stereocenters. The van der Waals surface area contributed by atoms with Crippen LogP contribution in [0.25, 0.3) is 0 Å². The van der Waals surface area contributed by atoms with Gasteiger partial charge in [-0.05, 0) is 34.6 Å². The van der Waals surface area contributed by atoms with Gasteiger partial charge in [0.15, 0.2) is 0 Å². The third kappa shape index (κ3) is 8.68. The molecule has 0 radical (unpaired) electrons. The first-order chi connectivity index (χ1) is 6.49. The van der Waals surface area contributed by atoms with Gasteiger partial charge in [0.05, 0.1) is 5.60 Å². The molecule has 0 fully saturated rings. The highest BCUT2D eigenvalue weighted by atomic mass is 28.3. The van der Waals surface area contributed by atoms with Crippen molar-refractivity contribution in [2.75, 3.05) is 19.8 Å². The van der Waals surface area contributed by atoms with E-state index in [1.165, 1.54) is 0 Å². The zero-order chi connectivity index (χ0) is 11.0. The lowest BCUT2D eigenvalue weighted by molar-refractivity contribution is 0.00237. The van der Waals surface area contributed by atoms with Crippen LogP contribution in [0.4, 0.5) is 0 Å². The van der Waals surface area contributed by atoms with Crippen LogP contribution in [0.15, 0.2) is 0 Å². The zero-order valence-corrected chi connectivity index (χ0v) is 11.3. The summed E-state index contributed by atoms with van der Waals surface area (Å²) in [6.45, 7) is 12.4. The third-order valence-corrected chi connectivity index (χ3v) is 3.71. The van der Waals surface area contributed by atoms with Crippen LogP contribution in [0.2, 0.25) is 6.04 Å². The summed E-state index contributed by atoms with van der Waals surface area (Å²) >= 11 is 0. The molecule has 0 aliphatic heterocycles. The lowest BCUT2D eigenvalue weighted by atomic mass is 10.2. The van der Waals surface area contributed by atoms with Crippen molar-refractivity contribution in [2.24, 2.45) is 0 Å². The molecule has 0 heterocycles. The molecule has 86 valence electrons. The first-order valence-corrected chi connectivity index (χ1v) is 7.12. The van der Waals surface area contributed by atoms with E-state index in [-0.39, 0.29) is 5.60 Å². The molecule has 0 saturated carbocycles.